The first-order valence-corrected chi connectivity index (χ1v) is 8.85. The number of nitrogens with one attached hydrogen (secondary N) is 1. The van der Waals surface area contributed by atoms with Crippen LogP contribution in [-0.2, 0) is 6.61 Å². The van der Waals surface area contributed by atoms with Crippen LogP contribution in [0.15, 0.2) is 57.8 Å². The fraction of sp³-hybridized carbons (Fsp3) is 0.0526. The van der Waals surface area contributed by atoms with Crippen molar-refractivity contribution in [1.82, 2.24) is 9.97 Å². The zero-order valence-electron chi connectivity index (χ0n) is 14.3. The highest BCUT2D eigenvalue weighted by molar-refractivity contribution is 9.10. The largest absolute Gasteiger partial charge is 0.488 e. The van der Waals surface area contributed by atoms with Gasteiger partial charge in [0.05, 0.1) is 4.92 Å². The summed E-state index contributed by atoms with van der Waals surface area (Å²) in [5.74, 6) is -0.373. The SMILES string of the molecule is O=c1[nH]c(C=Cc2cc(Br)ccc2OCc2ccccc2)nc(O)c1[N+](=O)[O-]. The van der Waals surface area contributed by atoms with Crippen molar-refractivity contribution in [2.45, 2.75) is 6.61 Å². The molecule has 0 unspecified atom stereocenters. The summed E-state index contributed by atoms with van der Waals surface area (Å²) in [5, 5.41) is 20.4. The molecule has 142 valence electrons. The lowest BCUT2D eigenvalue weighted by atomic mass is 10.2. The minimum Gasteiger partial charge on any atom is -0.488 e. The Morgan fingerprint density at radius 2 is 1.96 bits per heavy atom. The number of hydrogen-bond acceptors (Lipinski definition) is 6. The van der Waals surface area contributed by atoms with Gasteiger partial charge in [0.25, 0.3) is 5.88 Å². The average molecular weight is 444 g/mol. The molecule has 0 spiro atoms. The number of halogens is 1. The normalized spacial score (nSPS) is 10.9. The maximum Gasteiger partial charge on any atom is 0.395 e. The van der Waals surface area contributed by atoms with Crippen molar-refractivity contribution >= 4 is 33.8 Å². The lowest BCUT2D eigenvalue weighted by molar-refractivity contribution is -0.387. The van der Waals surface area contributed by atoms with Crippen molar-refractivity contribution in [2.24, 2.45) is 0 Å². The molecule has 8 nitrogen and oxygen atoms in total. The van der Waals surface area contributed by atoms with Crippen LogP contribution < -0.4 is 10.3 Å². The third-order valence-electron chi connectivity index (χ3n) is 3.71. The van der Waals surface area contributed by atoms with E-state index >= 15 is 0 Å². The molecule has 3 aromatic rings. The summed E-state index contributed by atoms with van der Waals surface area (Å²) in [5.41, 5.74) is -0.337. The first-order chi connectivity index (χ1) is 13.4. The minimum absolute atomic E-state index is 0.0258. The lowest BCUT2D eigenvalue weighted by Crippen LogP contribution is -2.14. The Balaban J connectivity index is 1.86. The van der Waals surface area contributed by atoms with Crippen LogP contribution in [0.3, 0.4) is 0 Å². The summed E-state index contributed by atoms with van der Waals surface area (Å²) < 4.78 is 6.67. The number of nitrogens with zero attached hydrogens (tertiary/aromatic N) is 2. The van der Waals surface area contributed by atoms with E-state index in [1.54, 1.807) is 18.2 Å². The van der Waals surface area contributed by atoms with E-state index in [-0.39, 0.29) is 5.82 Å². The quantitative estimate of drug-likeness (QED) is 0.440. The molecular formula is C19H14BrN3O5. The molecule has 0 fully saturated rings. The molecule has 0 atom stereocenters. The van der Waals surface area contributed by atoms with Gasteiger partial charge in [0.15, 0.2) is 0 Å². The third kappa shape index (κ3) is 4.63. The van der Waals surface area contributed by atoms with Crippen LogP contribution in [-0.4, -0.2) is 20.0 Å². The van der Waals surface area contributed by atoms with Crippen LogP contribution in [0.4, 0.5) is 5.69 Å². The van der Waals surface area contributed by atoms with Crippen molar-refractivity contribution in [2.75, 3.05) is 0 Å². The number of aromatic nitrogens is 2. The number of nitro groups is 1. The summed E-state index contributed by atoms with van der Waals surface area (Å²) >= 11 is 3.39. The molecule has 0 bridgehead atoms. The van der Waals surface area contributed by atoms with Gasteiger partial charge in [-0.2, -0.15) is 4.98 Å². The Morgan fingerprint density at radius 3 is 2.64 bits per heavy atom. The molecule has 2 N–H and O–H groups in total. The number of ether oxygens (including phenoxy) is 1. The van der Waals surface area contributed by atoms with E-state index in [1.807, 2.05) is 36.4 Å². The molecule has 0 saturated carbocycles. The van der Waals surface area contributed by atoms with E-state index in [0.29, 0.717) is 17.9 Å². The van der Waals surface area contributed by atoms with E-state index in [4.69, 9.17) is 4.74 Å². The predicted molar refractivity (Wildman–Crippen MR) is 107 cm³/mol. The van der Waals surface area contributed by atoms with Gasteiger partial charge in [0, 0.05) is 10.0 Å². The monoisotopic (exact) mass is 443 g/mol. The molecule has 3 rings (SSSR count). The second-order valence-electron chi connectivity index (χ2n) is 5.67. The van der Waals surface area contributed by atoms with Crippen LogP contribution in [0.2, 0.25) is 0 Å². The Hall–Kier alpha value is -3.46. The molecule has 0 aliphatic heterocycles. The molecule has 0 aliphatic rings. The van der Waals surface area contributed by atoms with Gasteiger partial charge < -0.3 is 14.8 Å². The molecule has 0 radical (unpaired) electrons. The number of benzene rings is 2. The van der Waals surface area contributed by atoms with Gasteiger partial charge in [-0.25, -0.2) is 0 Å². The lowest BCUT2D eigenvalue weighted by Gasteiger charge is -2.10. The maximum atomic E-state index is 11.7. The molecular weight excluding hydrogens is 430 g/mol. The maximum absolute atomic E-state index is 11.7. The van der Waals surface area contributed by atoms with E-state index in [0.717, 1.165) is 10.0 Å². The van der Waals surface area contributed by atoms with Gasteiger partial charge in [-0.3, -0.25) is 14.9 Å². The Morgan fingerprint density at radius 1 is 1.21 bits per heavy atom. The fourth-order valence-electron chi connectivity index (χ4n) is 2.40. The Labute approximate surface area is 167 Å². The van der Waals surface area contributed by atoms with Gasteiger partial charge in [-0.1, -0.05) is 46.3 Å². The Bertz CT molecular complexity index is 1100. The van der Waals surface area contributed by atoms with Crippen molar-refractivity contribution < 1.29 is 14.8 Å². The molecule has 9 heteroatoms. The highest BCUT2D eigenvalue weighted by atomic mass is 79.9. The molecule has 2 aromatic carbocycles. The number of H-pyrrole nitrogens is 1. The summed E-state index contributed by atoms with van der Waals surface area (Å²) in [6.07, 6.45) is 3.04. The molecule has 0 aliphatic carbocycles. The minimum atomic E-state index is -1.04. The first-order valence-electron chi connectivity index (χ1n) is 8.06. The van der Waals surface area contributed by atoms with Crippen LogP contribution in [0.5, 0.6) is 11.6 Å². The van der Waals surface area contributed by atoms with Crippen molar-refractivity contribution in [1.29, 1.82) is 0 Å². The molecule has 28 heavy (non-hydrogen) atoms. The standard InChI is InChI=1S/C19H14BrN3O5/c20-14-7-8-15(28-11-12-4-2-1-3-5-12)13(10-14)6-9-16-21-18(24)17(23(26)27)19(25)22-16/h1-10H,11H2,(H2,21,22,24,25). The zero-order valence-corrected chi connectivity index (χ0v) is 15.9. The van der Waals surface area contributed by atoms with Crippen molar-refractivity contribution in [3.63, 3.8) is 0 Å². The molecule has 1 heterocycles. The van der Waals surface area contributed by atoms with Crippen molar-refractivity contribution in [3.8, 4) is 11.6 Å². The van der Waals surface area contributed by atoms with Crippen LogP contribution in [0, 0.1) is 10.1 Å². The van der Waals surface area contributed by atoms with E-state index in [2.05, 4.69) is 25.9 Å². The van der Waals surface area contributed by atoms with Crippen molar-refractivity contribution in [3.05, 3.63) is 90.4 Å². The van der Waals surface area contributed by atoms with Crippen LogP contribution in [0.1, 0.15) is 17.0 Å². The fourth-order valence-corrected chi connectivity index (χ4v) is 2.78. The average Bonchev–Trinajstić information content (AvgIpc) is 2.65. The highest BCUT2D eigenvalue weighted by Crippen LogP contribution is 2.26. The molecule has 0 amide bonds. The molecule has 0 saturated heterocycles. The summed E-state index contributed by atoms with van der Waals surface area (Å²) in [6, 6.07) is 15.1. The zero-order chi connectivity index (χ0) is 20.1. The van der Waals surface area contributed by atoms with Crippen LogP contribution >= 0.6 is 15.9 Å². The van der Waals surface area contributed by atoms with E-state index < -0.39 is 22.0 Å². The first kappa shape index (κ1) is 19.3. The third-order valence-corrected chi connectivity index (χ3v) is 4.20. The van der Waals surface area contributed by atoms with Gasteiger partial charge in [0.1, 0.15) is 18.2 Å². The topological polar surface area (TPSA) is 118 Å². The Kier molecular flexibility index (Phi) is 5.85. The number of hydrogen-bond donors (Lipinski definition) is 2. The molecule has 1 aromatic heterocycles. The number of aromatic hydroxyl groups is 1. The highest BCUT2D eigenvalue weighted by Gasteiger charge is 2.21. The van der Waals surface area contributed by atoms with Gasteiger partial charge in [0.2, 0.25) is 0 Å². The number of aromatic amines is 1. The predicted octanol–water partition coefficient (Wildman–Crippen LogP) is 3.90. The number of rotatable bonds is 6. The van der Waals surface area contributed by atoms with E-state index in [9.17, 15) is 20.0 Å². The summed E-state index contributed by atoms with van der Waals surface area (Å²) in [6.45, 7) is 0.372. The van der Waals surface area contributed by atoms with Gasteiger partial charge >= 0.3 is 11.2 Å². The second-order valence-corrected chi connectivity index (χ2v) is 6.59. The summed E-state index contributed by atoms with van der Waals surface area (Å²) in [7, 11) is 0. The van der Waals surface area contributed by atoms with Gasteiger partial charge in [-0.05, 0) is 35.9 Å². The second kappa shape index (κ2) is 8.49. The van der Waals surface area contributed by atoms with Crippen LogP contribution in [0.25, 0.3) is 12.2 Å². The van der Waals surface area contributed by atoms with Gasteiger partial charge in [-0.15, -0.1) is 0 Å². The van der Waals surface area contributed by atoms with E-state index in [1.165, 1.54) is 6.08 Å². The summed E-state index contributed by atoms with van der Waals surface area (Å²) in [4.78, 5) is 27.4. The smallest absolute Gasteiger partial charge is 0.395 e.